The maximum Gasteiger partial charge on any atom is 0.264 e. The molecule has 3 rings (SSSR count). The Kier molecular flexibility index (Phi) is 10.8. The Bertz CT molecular complexity index is 1400. The van der Waals surface area contributed by atoms with Crippen LogP contribution in [0.2, 0.25) is 10.0 Å². The number of nitrogens with one attached hydrogen (secondary N) is 1. The summed E-state index contributed by atoms with van der Waals surface area (Å²) in [4.78, 5) is 28.6. The second-order valence-electron chi connectivity index (χ2n) is 9.08. The van der Waals surface area contributed by atoms with Gasteiger partial charge >= 0.3 is 0 Å². The minimum Gasteiger partial charge on any atom is -0.354 e. The summed E-state index contributed by atoms with van der Waals surface area (Å²) >= 11 is 12.7. The average molecular weight is 591 g/mol. The van der Waals surface area contributed by atoms with Gasteiger partial charge in [-0.1, -0.05) is 79.5 Å². The normalized spacial score (nSPS) is 12.0. The number of halogens is 2. The van der Waals surface area contributed by atoms with Gasteiger partial charge in [0.1, 0.15) is 12.6 Å². The maximum absolute atomic E-state index is 14.1. The largest absolute Gasteiger partial charge is 0.354 e. The van der Waals surface area contributed by atoms with Gasteiger partial charge in [-0.2, -0.15) is 0 Å². The minimum atomic E-state index is -4.23. The molecule has 0 bridgehead atoms. The highest BCUT2D eigenvalue weighted by molar-refractivity contribution is 7.92. The zero-order valence-corrected chi connectivity index (χ0v) is 24.6. The Morgan fingerprint density at radius 1 is 0.949 bits per heavy atom. The summed E-state index contributed by atoms with van der Waals surface area (Å²) in [6.07, 6.45) is 1.08. The number of aryl methyl sites for hydroxylation is 1. The fourth-order valence-corrected chi connectivity index (χ4v) is 6.05. The van der Waals surface area contributed by atoms with Gasteiger partial charge in [0.05, 0.1) is 15.6 Å². The van der Waals surface area contributed by atoms with Crippen molar-refractivity contribution in [3.63, 3.8) is 0 Å². The predicted octanol–water partition coefficient (Wildman–Crippen LogP) is 5.83. The van der Waals surface area contributed by atoms with E-state index in [-0.39, 0.29) is 33.1 Å². The zero-order valence-electron chi connectivity index (χ0n) is 22.2. The van der Waals surface area contributed by atoms with Crippen LogP contribution in [0.1, 0.15) is 37.8 Å². The molecule has 2 amide bonds. The lowest BCUT2D eigenvalue weighted by Crippen LogP contribution is -2.52. The molecule has 0 saturated heterocycles. The van der Waals surface area contributed by atoms with Crippen LogP contribution in [0.4, 0.5) is 5.69 Å². The van der Waals surface area contributed by atoms with Crippen LogP contribution in [-0.4, -0.2) is 44.3 Å². The average Bonchev–Trinajstić information content (AvgIpc) is 2.93. The molecule has 0 aliphatic rings. The lowest BCUT2D eigenvalue weighted by atomic mass is 10.1. The maximum atomic E-state index is 14.1. The minimum absolute atomic E-state index is 0.00738. The number of benzene rings is 3. The Morgan fingerprint density at radius 3 is 2.26 bits per heavy atom. The molecule has 0 radical (unpaired) electrons. The third-order valence-corrected chi connectivity index (χ3v) is 8.65. The zero-order chi connectivity index (χ0) is 28.6. The summed E-state index contributed by atoms with van der Waals surface area (Å²) in [6.45, 7) is 5.70. The SMILES string of the molecule is CCCNC(=O)[C@H](CC)N(Cc1ccccc1C)C(=O)CN(c1cc(Cl)ccc1Cl)S(=O)(=O)c1ccccc1. The number of amides is 2. The summed E-state index contributed by atoms with van der Waals surface area (Å²) < 4.78 is 28.7. The predicted molar refractivity (Wildman–Crippen MR) is 157 cm³/mol. The molecule has 0 saturated carbocycles. The Balaban J connectivity index is 2.09. The first kappa shape index (κ1) is 30.5. The lowest BCUT2D eigenvalue weighted by Gasteiger charge is -2.33. The van der Waals surface area contributed by atoms with E-state index in [2.05, 4.69) is 5.32 Å². The fraction of sp³-hybridized carbons (Fsp3) is 0.310. The lowest BCUT2D eigenvalue weighted by molar-refractivity contribution is -0.140. The van der Waals surface area contributed by atoms with Crippen molar-refractivity contribution in [3.8, 4) is 0 Å². The highest BCUT2D eigenvalue weighted by atomic mass is 35.5. The number of sulfonamides is 1. The number of carbonyl (C=O) groups excluding carboxylic acids is 2. The first-order valence-corrected chi connectivity index (χ1v) is 14.9. The van der Waals surface area contributed by atoms with E-state index in [0.717, 1.165) is 21.9 Å². The number of hydrogen-bond acceptors (Lipinski definition) is 4. The van der Waals surface area contributed by atoms with Crippen molar-refractivity contribution in [2.24, 2.45) is 0 Å². The van der Waals surface area contributed by atoms with Crippen LogP contribution in [-0.2, 0) is 26.2 Å². The van der Waals surface area contributed by atoms with Crippen molar-refractivity contribution >= 4 is 50.7 Å². The number of carbonyl (C=O) groups is 2. The van der Waals surface area contributed by atoms with Crippen molar-refractivity contribution in [1.29, 1.82) is 0 Å². The van der Waals surface area contributed by atoms with E-state index in [1.165, 1.54) is 35.2 Å². The standard InChI is InChI=1S/C29H33Cl2N3O4S/c1-4-17-32-29(36)26(5-2)33(19-22-12-10-9-11-21(22)3)28(35)20-34(27-18-23(30)15-16-25(27)31)39(37,38)24-13-7-6-8-14-24/h6-16,18,26H,4-5,17,19-20H2,1-3H3,(H,32,36)/t26-/m0/s1. The Morgan fingerprint density at radius 2 is 1.62 bits per heavy atom. The van der Waals surface area contributed by atoms with Crippen LogP contribution in [0, 0.1) is 6.92 Å². The van der Waals surface area contributed by atoms with E-state index in [1.54, 1.807) is 18.2 Å². The van der Waals surface area contributed by atoms with Gasteiger partial charge < -0.3 is 10.2 Å². The molecule has 0 aliphatic carbocycles. The number of anilines is 1. The summed E-state index contributed by atoms with van der Waals surface area (Å²) in [6, 6.07) is 19.0. The monoisotopic (exact) mass is 589 g/mol. The highest BCUT2D eigenvalue weighted by Crippen LogP contribution is 2.33. The summed E-state index contributed by atoms with van der Waals surface area (Å²) in [7, 11) is -4.23. The molecule has 0 unspecified atom stereocenters. The Labute approximate surface area is 240 Å². The van der Waals surface area contributed by atoms with E-state index >= 15 is 0 Å². The highest BCUT2D eigenvalue weighted by Gasteiger charge is 2.34. The van der Waals surface area contributed by atoms with Crippen molar-refractivity contribution in [2.45, 2.75) is 51.1 Å². The van der Waals surface area contributed by atoms with Crippen LogP contribution in [0.15, 0.2) is 77.7 Å². The fourth-order valence-electron chi connectivity index (χ4n) is 4.17. The van der Waals surface area contributed by atoms with Crippen molar-refractivity contribution in [3.05, 3.63) is 94.0 Å². The molecule has 208 valence electrons. The van der Waals surface area contributed by atoms with Gasteiger partial charge in [-0.3, -0.25) is 13.9 Å². The summed E-state index contributed by atoms with van der Waals surface area (Å²) in [5.41, 5.74) is 1.87. The molecule has 39 heavy (non-hydrogen) atoms. The van der Waals surface area contributed by atoms with E-state index in [9.17, 15) is 18.0 Å². The molecule has 10 heteroatoms. The second kappa shape index (κ2) is 13.8. The molecule has 1 atom stereocenters. The molecule has 3 aromatic rings. The molecule has 7 nitrogen and oxygen atoms in total. The van der Waals surface area contributed by atoms with Crippen LogP contribution >= 0.6 is 23.2 Å². The van der Waals surface area contributed by atoms with Gasteiger partial charge in [-0.25, -0.2) is 8.42 Å². The Hall–Kier alpha value is -3.07. The quantitative estimate of drug-likeness (QED) is 0.288. The van der Waals surface area contributed by atoms with Gasteiger partial charge in [0.25, 0.3) is 10.0 Å². The smallest absolute Gasteiger partial charge is 0.264 e. The molecule has 0 aliphatic heterocycles. The molecule has 1 N–H and O–H groups in total. The van der Waals surface area contributed by atoms with Crippen LogP contribution in [0.3, 0.4) is 0 Å². The third-order valence-electron chi connectivity index (χ3n) is 6.32. The topological polar surface area (TPSA) is 86.8 Å². The molecule has 0 aromatic heterocycles. The first-order valence-electron chi connectivity index (χ1n) is 12.7. The van der Waals surface area contributed by atoms with Crippen LogP contribution in [0.5, 0.6) is 0 Å². The molecule has 0 fully saturated rings. The van der Waals surface area contributed by atoms with Crippen LogP contribution in [0.25, 0.3) is 0 Å². The molecular weight excluding hydrogens is 557 g/mol. The third kappa shape index (κ3) is 7.53. The summed E-state index contributed by atoms with van der Waals surface area (Å²) in [5.74, 6) is -0.841. The summed E-state index contributed by atoms with van der Waals surface area (Å²) in [5, 5.41) is 3.25. The number of hydrogen-bond donors (Lipinski definition) is 1. The molecule has 0 heterocycles. The van der Waals surface area contributed by atoms with Crippen molar-refractivity contribution in [1.82, 2.24) is 10.2 Å². The van der Waals surface area contributed by atoms with E-state index in [1.807, 2.05) is 45.0 Å². The van der Waals surface area contributed by atoms with Gasteiger partial charge in [-0.15, -0.1) is 0 Å². The van der Waals surface area contributed by atoms with Gasteiger partial charge in [-0.05, 0) is 61.2 Å². The van der Waals surface area contributed by atoms with Gasteiger partial charge in [0.15, 0.2) is 0 Å². The molecular formula is C29H33Cl2N3O4S. The second-order valence-corrected chi connectivity index (χ2v) is 11.8. The molecule has 0 spiro atoms. The van der Waals surface area contributed by atoms with Crippen molar-refractivity contribution in [2.75, 3.05) is 17.4 Å². The number of nitrogens with zero attached hydrogens (tertiary/aromatic N) is 2. The van der Waals surface area contributed by atoms with Gasteiger partial charge in [0, 0.05) is 18.1 Å². The molecule has 3 aromatic carbocycles. The van der Waals surface area contributed by atoms with E-state index in [0.29, 0.717) is 13.0 Å². The van der Waals surface area contributed by atoms with Crippen molar-refractivity contribution < 1.29 is 18.0 Å². The number of rotatable bonds is 12. The first-order chi connectivity index (χ1) is 18.6. The van der Waals surface area contributed by atoms with E-state index < -0.39 is 28.5 Å². The van der Waals surface area contributed by atoms with Gasteiger partial charge in [0.2, 0.25) is 11.8 Å². The van der Waals surface area contributed by atoms with E-state index in [4.69, 9.17) is 23.2 Å². The van der Waals surface area contributed by atoms with Crippen LogP contribution < -0.4 is 9.62 Å².